The van der Waals surface area contributed by atoms with E-state index in [2.05, 4.69) is 36.6 Å². The van der Waals surface area contributed by atoms with E-state index in [1.807, 2.05) is 24.3 Å². The van der Waals surface area contributed by atoms with Crippen LogP contribution in [0.15, 0.2) is 33.2 Å². The maximum absolute atomic E-state index is 4.25. The van der Waals surface area contributed by atoms with Gasteiger partial charge in [0.2, 0.25) is 0 Å². The van der Waals surface area contributed by atoms with Crippen LogP contribution in [0.4, 0.5) is 0 Å². The van der Waals surface area contributed by atoms with Gasteiger partial charge in [-0.05, 0) is 44.0 Å². The van der Waals surface area contributed by atoms with Crippen LogP contribution in [0.2, 0.25) is 0 Å². The summed E-state index contributed by atoms with van der Waals surface area (Å²) in [5.41, 5.74) is 0. The summed E-state index contributed by atoms with van der Waals surface area (Å²) in [5, 5.41) is 0. The molecule has 0 atom stereocenters. The van der Waals surface area contributed by atoms with Crippen LogP contribution in [0.25, 0.3) is 0 Å². The van der Waals surface area contributed by atoms with Crippen molar-refractivity contribution in [3.63, 3.8) is 0 Å². The highest BCUT2D eigenvalue weighted by Gasteiger charge is 1.88. The molecule has 0 bridgehead atoms. The monoisotopic (exact) mass is 280 g/mol. The lowest BCUT2D eigenvalue weighted by atomic mass is 10.4. The van der Waals surface area contributed by atoms with Crippen LogP contribution in [0.1, 0.15) is 0 Å². The summed E-state index contributed by atoms with van der Waals surface area (Å²) < 4.78 is 6.44. The molecule has 0 N–H and O–H groups in total. The smallest absolute Gasteiger partial charge is 0.0351 e. The van der Waals surface area contributed by atoms with Gasteiger partial charge in [0, 0.05) is 23.2 Å². The van der Waals surface area contributed by atoms with Crippen LogP contribution in [-0.2, 0) is 4.74 Å². The summed E-state index contributed by atoms with van der Waals surface area (Å²) in [6.45, 7) is 0. The minimum Gasteiger partial charge on any atom is -0.388 e. The fourth-order valence-corrected chi connectivity index (χ4v) is 1.01. The maximum Gasteiger partial charge on any atom is 0.0351 e. The molecular weight excluding hydrogens is 272 g/mol. The standard InChI is InChI=1S/C6H4Br2.C2H6O/c7-5-3-1-2-4-6(5)8;1-3-2/h1-4H;1-2H3. The van der Waals surface area contributed by atoms with Gasteiger partial charge in [-0.3, -0.25) is 0 Å². The highest BCUT2D eigenvalue weighted by atomic mass is 79.9. The molecule has 11 heavy (non-hydrogen) atoms. The lowest BCUT2D eigenvalue weighted by Crippen LogP contribution is -1.63. The number of methoxy groups -OCH3 is 1. The molecule has 0 aliphatic rings. The summed E-state index contributed by atoms with van der Waals surface area (Å²) in [4.78, 5) is 0. The molecule has 0 heterocycles. The number of halogens is 2. The predicted octanol–water partition coefficient (Wildman–Crippen LogP) is 3.47. The second kappa shape index (κ2) is 6.83. The first-order chi connectivity index (χ1) is 5.22. The molecule has 0 aliphatic heterocycles. The van der Waals surface area contributed by atoms with E-state index in [4.69, 9.17) is 0 Å². The van der Waals surface area contributed by atoms with Crippen LogP contribution in [0.5, 0.6) is 0 Å². The topological polar surface area (TPSA) is 9.23 Å². The van der Waals surface area contributed by atoms with Crippen molar-refractivity contribution in [1.82, 2.24) is 0 Å². The van der Waals surface area contributed by atoms with Crippen LogP contribution < -0.4 is 0 Å². The Morgan fingerprint density at radius 2 is 1.27 bits per heavy atom. The van der Waals surface area contributed by atoms with Gasteiger partial charge in [0.25, 0.3) is 0 Å². The number of ether oxygens (including phenoxy) is 1. The van der Waals surface area contributed by atoms with Gasteiger partial charge < -0.3 is 4.74 Å². The third-order valence-corrected chi connectivity index (χ3v) is 2.74. The SMILES string of the molecule is Brc1ccccc1Br.COC. The molecule has 1 nitrogen and oxygen atoms in total. The molecule has 0 aliphatic carbocycles. The van der Waals surface area contributed by atoms with E-state index in [-0.39, 0.29) is 0 Å². The van der Waals surface area contributed by atoms with Crippen LogP contribution >= 0.6 is 31.9 Å². The van der Waals surface area contributed by atoms with Gasteiger partial charge in [-0.2, -0.15) is 0 Å². The predicted molar refractivity (Wildman–Crippen MR) is 54.8 cm³/mol. The van der Waals surface area contributed by atoms with E-state index in [1.54, 1.807) is 14.2 Å². The summed E-state index contributed by atoms with van der Waals surface area (Å²) in [5.74, 6) is 0. The summed E-state index contributed by atoms with van der Waals surface area (Å²) >= 11 is 6.70. The Kier molecular flexibility index (Phi) is 6.91. The zero-order chi connectivity index (χ0) is 8.69. The molecular formula is C8H10Br2O. The number of rotatable bonds is 0. The molecule has 0 spiro atoms. The van der Waals surface area contributed by atoms with Gasteiger partial charge >= 0.3 is 0 Å². The molecule has 1 rings (SSSR count). The van der Waals surface area contributed by atoms with Crippen molar-refractivity contribution in [2.75, 3.05) is 14.2 Å². The van der Waals surface area contributed by atoms with Crippen LogP contribution in [-0.4, -0.2) is 14.2 Å². The van der Waals surface area contributed by atoms with Gasteiger partial charge in [-0.1, -0.05) is 12.1 Å². The summed E-state index contributed by atoms with van der Waals surface area (Å²) in [6, 6.07) is 7.94. The van der Waals surface area contributed by atoms with Gasteiger partial charge in [-0.25, -0.2) is 0 Å². The van der Waals surface area contributed by atoms with E-state index in [0.29, 0.717) is 0 Å². The van der Waals surface area contributed by atoms with Gasteiger partial charge in [0.05, 0.1) is 0 Å². The first-order valence-corrected chi connectivity index (χ1v) is 4.61. The number of hydrogen-bond acceptors (Lipinski definition) is 1. The van der Waals surface area contributed by atoms with E-state index in [1.165, 1.54) is 0 Å². The van der Waals surface area contributed by atoms with E-state index >= 15 is 0 Å². The Morgan fingerprint density at radius 3 is 1.45 bits per heavy atom. The first kappa shape index (κ1) is 11.1. The van der Waals surface area contributed by atoms with Gasteiger partial charge in [0.15, 0.2) is 0 Å². The Hall–Kier alpha value is 0.140. The molecule has 62 valence electrons. The molecule has 3 heteroatoms. The molecule has 1 aromatic carbocycles. The minimum absolute atomic E-state index is 1.10. The maximum atomic E-state index is 4.25. The molecule has 0 radical (unpaired) electrons. The Labute approximate surface area is 84.0 Å². The molecule has 0 aromatic heterocycles. The third kappa shape index (κ3) is 5.41. The van der Waals surface area contributed by atoms with E-state index < -0.39 is 0 Å². The van der Waals surface area contributed by atoms with Crippen molar-refractivity contribution in [2.45, 2.75) is 0 Å². The summed E-state index contributed by atoms with van der Waals surface area (Å²) in [7, 11) is 3.25. The van der Waals surface area contributed by atoms with Crippen molar-refractivity contribution < 1.29 is 4.74 Å². The number of benzene rings is 1. The fourth-order valence-electron chi connectivity index (χ4n) is 0.439. The van der Waals surface area contributed by atoms with Crippen LogP contribution in [0.3, 0.4) is 0 Å². The van der Waals surface area contributed by atoms with Crippen molar-refractivity contribution in [2.24, 2.45) is 0 Å². The molecule has 0 saturated heterocycles. The van der Waals surface area contributed by atoms with Gasteiger partial charge in [-0.15, -0.1) is 0 Å². The summed E-state index contributed by atoms with van der Waals surface area (Å²) in [6.07, 6.45) is 0. The van der Waals surface area contributed by atoms with Gasteiger partial charge in [0.1, 0.15) is 0 Å². The average Bonchev–Trinajstić information content (AvgIpc) is 1.97. The second-order valence-electron chi connectivity index (χ2n) is 1.82. The first-order valence-electron chi connectivity index (χ1n) is 3.02. The Morgan fingerprint density at radius 1 is 1.00 bits per heavy atom. The highest BCUT2D eigenvalue weighted by Crippen LogP contribution is 2.20. The Bertz CT molecular complexity index is 180. The lowest BCUT2D eigenvalue weighted by molar-refractivity contribution is 0.277. The zero-order valence-corrected chi connectivity index (χ0v) is 9.65. The lowest BCUT2D eigenvalue weighted by Gasteiger charge is -1.89. The average molecular weight is 282 g/mol. The van der Waals surface area contributed by atoms with Crippen molar-refractivity contribution in [3.8, 4) is 0 Å². The molecule has 0 fully saturated rings. The third-order valence-electron chi connectivity index (χ3n) is 0.824. The molecule has 0 unspecified atom stereocenters. The Balaban J connectivity index is 0.000000292. The minimum atomic E-state index is 1.10. The largest absolute Gasteiger partial charge is 0.388 e. The normalized spacial score (nSPS) is 8.36. The van der Waals surface area contributed by atoms with E-state index in [0.717, 1.165) is 8.95 Å². The second-order valence-corrected chi connectivity index (χ2v) is 3.53. The van der Waals surface area contributed by atoms with Crippen molar-refractivity contribution in [1.29, 1.82) is 0 Å². The highest BCUT2D eigenvalue weighted by molar-refractivity contribution is 9.13. The number of hydrogen-bond donors (Lipinski definition) is 0. The molecule has 1 aromatic rings. The fraction of sp³-hybridized carbons (Fsp3) is 0.250. The molecule has 0 amide bonds. The van der Waals surface area contributed by atoms with E-state index in [9.17, 15) is 0 Å². The molecule has 0 saturated carbocycles. The van der Waals surface area contributed by atoms with Crippen molar-refractivity contribution >= 4 is 31.9 Å². The quantitative estimate of drug-likeness (QED) is 0.708. The van der Waals surface area contributed by atoms with Crippen LogP contribution in [0, 0.1) is 0 Å². The zero-order valence-electron chi connectivity index (χ0n) is 6.47. The van der Waals surface area contributed by atoms with Crippen molar-refractivity contribution in [3.05, 3.63) is 33.2 Å².